The topological polar surface area (TPSA) is 61.4 Å². The van der Waals surface area contributed by atoms with E-state index in [4.69, 9.17) is 0 Å². The zero-order valence-electron chi connectivity index (χ0n) is 14.2. The molecule has 2 aromatic rings. The van der Waals surface area contributed by atoms with Gasteiger partial charge < -0.3 is 15.5 Å². The average molecular weight is 345 g/mol. The van der Waals surface area contributed by atoms with Crippen molar-refractivity contribution < 1.29 is 9.59 Å². The Morgan fingerprint density at radius 1 is 1.12 bits per heavy atom. The Balaban J connectivity index is 1.78. The molecule has 1 atom stereocenters. The van der Waals surface area contributed by atoms with E-state index in [2.05, 4.69) is 22.1 Å². The van der Waals surface area contributed by atoms with Crippen LogP contribution in [0, 0.1) is 0 Å². The number of thiophene rings is 1. The van der Waals surface area contributed by atoms with Crippen molar-refractivity contribution in [1.29, 1.82) is 0 Å². The fourth-order valence-electron chi connectivity index (χ4n) is 2.29. The van der Waals surface area contributed by atoms with Crippen LogP contribution in [0.5, 0.6) is 0 Å². The van der Waals surface area contributed by atoms with Crippen LogP contribution >= 0.6 is 11.3 Å². The van der Waals surface area contributed by atoms with Crippen molar-refractivity contribution in [3.05, 3.63) is 57.8 Å². The first-order chi connectivity index (χ1) is 11.5. The molecule has 3 amide bonds. The number of amides is 3. The van der Waals surface area contributed by atoms with E-state index in [1.165, 1.54) is 10.5 Å². The smallest absolute Gasteiger partial charge is 0.315 e. The Hall–Kier alpha value is -2.34. The molecule has 0 aliphatic rings. The number of carbonyl (C=O) groups excluding carboxylic acids is 2. The lowest BCUT2D eigenvalue weighted by atomic mass is 10.1. The second kappa shape index (κ2) is 8.49. The number of benzene rings is 1. The largest absolute Gasteiger partial charge is 0.345 e. The van der Waals surface area contributed by atoms with E-state index in [1.807, 2.05) is 24.4 Å². The summed E-state index contributed by atoms with van der Waals surface area (Å²) in [6.45, 7) is 2.41. The Labute approximate surface area is 146 Å². The van der Waals surface area contributed by atoms with Gasteiger partial charge in [-0.1, -0.05) is 12.1 Å². The van der Waals surface area contributed by atoms with Crippen molar-refractivity contribution in [2.45, 2.75) is 25.9 Å². The molecule has 1 aromatic carbocycles. The Kier molecular flexibility index (Phi) is 6.37. The summed E-state index contributed by atoms with van der Waals surface area (Å²) in [5.41, 5.74) is 2.82. The van der Waals surface area contributed by atoms with Crippen molar-refractivity contribution >= 4 is 23.3 Å². The highest BCUT2D eigenvalue weighted by molar-refractivity contribution is 7.07. The predicted octanol–water partition coefficient (Wildman–Crippen LogP) is 2.88. The van der Waals surface area contributed by atoms with Crippen molar-refractivity contribution in [2.75, 3.05) is 14.1 Å². The maximum atomic E-state index is 11.9. The fourth-order valence-corrected chi connectivity index (χ4v) is 2.98. The van der Waals surface area contributed by atoms with Gasteiger partial charge in [0.25, 0.3) is 5.91 Å². The molecule has 6 heteroatoms. The molecule has 0 spiro atoms. The average Bonchev–Trinajstić information content (AvgIpc) is 3.05. The van der Waals surface area contributed by atoms with Crippen LogP contribution in [0.15, 0.2) is 41.1 Å². The van der Waals surface area contributed by atoms with Crippen molar-refractivity contribution in [2.24, 2.45) is 0 Å². The predicted molar refractivity (Wildman–Crippen MR) is 97.3 cm³/mol. The minimum Gasteiger partial charge on any atom is -0.345 e. The second-order valence-electron chi connectivity index (χ2n) is 5.96. The lowest BCUT2D eigenvalue weighted by Crippen LogP contribution is -2.41. The van der Waals surface area contributed by atoms with Gasteiger partial charge in [-0.05, 0) is 53.4 Å². The van der Waals surface area contributed by atoms with Crippen LogP contribution in [-0.4, -0.2) is 37.0 Å². The van der Waals surface area contributed by atoms with Gasteiger partial charge in [0, 0.05) is 32.2 Å². The summed E-state index contributed by atoms with van der Waals surface area (Å²) in [7, 11) is 3.44. The molecule has 0 radical (unpaired) electrons. The first kappa shape index (κ1) is 18.0. The molecule has 5 nitrogen and oxygen atoms in total. The fraction of sp³-hybridized carbons (Fsp3) is 0.333. The third-order valence-corrected chi connectivity index (χ3v) is 4.29. The van der Waals surface area contributed by atoms with E-state index >= 15 is 0 Å². The van der Waals surface area contributed by atoms with Crippen LogP contribution in [0.3, 0.4) is 0 Å². The van der Waals surface area contributed by atoms with Gasteiger partial charge in [0.1, 0.15) is 0 Å². The molecule has 0 saturated carbocycles. The molecule has 2 N–H and O–H groups in total. The number of urea groups is 1. The summed E-state index contributed by atoms with van der Waals surface area (Å²) in [6, 6.07) is 9.20. The van der Waals surface area contributed by atoms with Crippen LogP contribution in [0.2, 0.25) is 0 Å². The molecule has 0 aliphatic carbocycles. The molecule has 0 unspecified atom stereocenters. The molecule has 0 aliphatic heterocycles. The highest BCUT2D eigenvalue weighted by atomic mass is 32.1. The van der Waals surface area contributed by atoms with Gasteiger partial charge in [-0.25, -0.2) is 4.79 Å². The quantitative estimate of drug-likeness (QED) is 0.846. The molecule has 0 fully saturated rings. The van der Waals surface area contributed by atoms with E-state index in [9.17, 15) is 9.59 Å². The van der Waals surface area contributed by atoms with Gasteiger partial charge in [-0.3, -0.25) is 4.79 Å². The lowest BCUT2D eigenvalue weighted by molar-refractivity contribution is 0.0827. The number of nitrogens with one attached hydrogen (secondary N) is 2. The normalized spacial score (nSPS) is 11.6. The van der Waals surface area contributed by atoms with Gasteiger partial charge >= 0.3 is 6.03 Å². The van der Waals surface area contributed by atoms with Gasteiger partial charge in [0.2, 0.25) is 0 Å². The molecule has 0 bridgehead atoms. The maximum absolute atomic E-state index is 11.9. The zero-order valence-corrected chi connectivity index (χ0v) is 15.0. The third-order valence-electron chi connectivity index (χ3n) is 3.56. The highest BCUT2D eigenvalue weighted by Gasteiger charge is 2.09. The number of hydrogen-bond donors (Lipinski definition) is 2. The Morgan fingerprint density at radius 3 is 2.42 bits per heavy atom. The molecule has 24 heavy (non-hydrogen) atoms. The van der Waals surface area contributed by atoms with Gasteiger partial charge in [0.15, 0.2) is 0 Å². The molecule has 1 heterocycles. The van der Waals surface area contributed by atoms with Gasteiger partial charge in [0.05, 0.1) is 0 Å². The number of nitrogens with zero attached hydrogens (tertiary/aromatic N) is 1. The van der Waals surface area contributed by atoms with E-state index in [1.54, 1.807) is 37.6 Å². The molecule has 0 saturated heterocycles. The Bertz CT molecular complexity index is 666. The van der Waals surface area contributed by atoms with E-state index in [0.29, 0.717) is 12.1 Å². The number of carbonyl (C=O) groups is 2. The third kappa shape index (κ3) is 5.38. The molecule has 1 aromatic heterocycles. The highest BCUT2D eigenvalue weighted by Crippen LogP contribution is 2.09. The van der Waals surface area contributed by atoms with Crippen molar-refractivity contribution in [1.82, 2.24) is 15.5 Å². The molecular formula is C18H23N3O2S. The minimum atomic E-state index is -0.189. The van der Waals surface area contributed by atoms with E-state index < -0.39 is 0 Å². The van der Waals surface area contributed by atoms with Crippen LogP contribution < -0.4 is 10.6 Å². The SMILES string of the molecule is C[C@@H](Cc1ccsc1)NC(=O)NCc1ccc(C(=O)N(C)C)cc1. The van der Waals surface area contributed by atoms with E-state index in [-0.39, 0.29) is 18.0 Å². The van der Waals surface area contributed by atoms with Crippen molar-refractivity contribution in [3.63, 3.8) is 0 Å². The summed E-state index contributed by atoms with van der Waals surface area (Å²) in [5.74, 6) is -0.0329. The Morgan fingerprint density at radius 2 is 1.83 bits per heavy atom. The van der Waals surface area contributed by atoms with Gasteiger partial charge in [-0.15, -0.1) is 0 Å². The molecule has 2 rings (SSSR count). The maximum Gasteiger partial charge on any atom is 0.315 e. The van der Waals surface area contributed by atoms with Crippen LogP contribution in [0.4, 0.5) is 4.79 Å². The minimum absolute atomic E-state index is 0.0329. The summed E-state index contributed by atoms with van der Waals surface area (Å²) in [5, 5.41) is 9.89. The first-order valence-corrected chi connectivity index (χ1v) is 8.76. The monoisotopic (exact) mass is 345 g/mol. The van der Waals surface area contributed by atoms with Crippen LogP contribution in [-0.2, 0) is 13.0 Å². The number of rotatable bonds is 6. The summed E-state index contributed by atoms with van der Waals surface area (Å²) < 4.78 is 0. The van der Waals surface area contributed by atoms with E-state index in [0.717, 1.165) is 12.0 Å². The standard InChI is InChI=1S/C18H23N3O2S/c1-13(10-15-8-9-24-12-15)20-18(23)19-11-14-4-6-16(7-5-14)17(22)21(2)3/h4-9,12-13H,10-11H2,1-3H3,(H2,19,20,23)/t13-/m0/s1. The van der Waals surface area contributed by atoms with Crippen molar-refractivity contribution in [3.8, 4) is 0 Å². The summed E-state index contributed by atoms with van der Waals surface area (Å²) in [4.78, 5) is 25.3. The summed E-state index contributed by atoms with van der Waals surface area (Å²) >= 11 is 1.66. The number of hydrogen-bond acceptors (Lipinski definition) is 3. The zero-order chi connectivity index (χ0) is 17.5. The second-order valence-corrected chi connectivity index (χ2v) is 6.74. The molecular weight excluding hydrogens is 322 g/mol. The first-order valence-electron chi connectivity index (χ1n) is 7.81. The van der Waals surface area contributed by atoms with Gasteiger partial charge in [-0.2, -0.15) is 11.3 Å². The molecule has 128 valence electrons. The lowest BCUT2D eigenvalue weighted by Gasteiger charge is -2.14. The summed E-state index contributed by atoms with van der Waals surface area (Å²) in [6.07, 6.45) is 0.818. The van der Waals surface area contributed by atoms with Crippen LogP contribution in [0.1, 0.15) is 28.4 Å². The van der Waals surface area contributed by atoms with Crippen LogP contribution in [0.25, 0.3) is 0 Å².